The second kappa shape index (κ2) is 36.7. The molecule has 0 aliphatic rings. The number of ether oxygens (including phenoxy) is 2. The second-order valence-electron chi connectivity index (χ2n) is 15.3. The van der Waals surface area contributed by atoms with E-state index in [4.69, 9.17) is 18.5 Å². The Morgan fingerprint density at radius 2 is 1.12 bits per heavy atom. The number of quaternary nitrogens is 1. The fraction of sp³-hybridized carbons (Fsp3) is 0.837. The molecule has 0 aliphatic heterocycles. The number of hydrogen-bond donors (Lipinski definition) is 0. The summed E-state index contributed by atoms with van der Waals surface area (Å²) in [5.41, 5.74) is 0. The molecule has 0 radical (unpaired) electrons. The predicted molar refractivity (Wildman–Crippen MR) is 217 cm³/mol. The van der Waals surface area contributed by atoms with E-state index in [0.717, 1.165) is 64.2 Å². The van der Waals surface area contributed by atoms with Crippen molar-refractivity contribution in [3.8, 4) is 0 Å². The zero-order chi connectivity index (χ0) is 38.4. The van der Waals surface area contributed by atoms with Crippen LogP contribution in [-0.2, 0) is 27.9 Å². The van der Waals surface area contributed by atoms with Crippen LogP contribution in [0.1, 0.15) is 174 Å². The lowest BCUT2D eigenvalue weighted by molar-refractivity contribution is -0.870. The van der Waals surface area contributed by atoms with Gasteiger partial charge in [0.25, 0.3) is 7.82 Å². The third-order valence-corrected chi connectivity index (χ3v) is 9.92. The average Bonchev–Trinajstić information content (AvgIpc) is 3.09. The zero-order valence-corrected chi connectivity index (χ0v) is 35.4. The Morgan fingerprint density at radius 1 is 0.615 bits per heavy atom. The van der Waals surface area contributed by atoms with Crippen molar-refractivity contribution in [2.75, 3.05) is 54.1 Å². The van der Waals surface area contributed by atoms with Crippen LogP contribution in [0.4, 0.5) is 0 Å². The van der Waals surface area contributed by atoms with Crippen molar-refractivity contribution in [3.63, 3.8) is 0 Å². The number of likely N-dealkylation sites (N-methyl/N-ethyl adjacent to an activating group) is 1. The average molecular weight is 756 g/mol. The molecule has 0 spiro atoms. The third-order valence-electron chi connectivity index (χ3n) is 8.96. The SMILES string of the molecule is CC/C=C\C/C=C\C/C=C\CCCCCCCCOCC(COP(=O)([O-])OCC[N+](C)(C)C)OC(=O)CCCCCCCCCCCCCCCC. The van der Waals surface area contributed by atoms with Crippen LogP contribution < -0.4 is 4.89 Å². The van der Waals surface area contributed by atoms with Crippen LogP contribution in [0.25, 0.3) is 0 Å². The standard InChI is InChI=1S/C43H82NO7P/c1-6-8-10-12-14-16-18-20-22-23-25-27-29-31-33-35-38-48-40-42(41-50-52(46,47)49-39-37-44(3,4)5)51-43(45)36-34-32-30-28-26-24-21-19-17-15-13-11-9-7-2/h8,10,14,16,20,22,42H,6-7,9,11-13,15,17-19,21,23-41H2,1-5H3/b10-8-,16-14-,22-20-. The quantitative estimate of drug-likeness (QED) is 0.0203. The maximum atomic E-state index is 12.6. The number of phosphoric acid groups is 1. The number of unbranched alkanes of at least 4 members (excludes halogenated alkanes) is 19. The van der Waals surface area contributed by atoms with Crippen molar-refractivity contribution in [1.29, 1.82) is 0 Å². The molecule has 0 aromatic heterocycles. The van der Waals surface area contributed by atoms with Crippen molar-refractivity contribution < 1.29 is 37.3 Å². The van der Waals surface area contributed by atoms with Gasteiger partial charge in [-0.15, -0.1) is 0 Å². The molecule has 52 heavy (non-hydrogen) atoms. The van der Waals surface area contributed by atoms with Gasteiger partial charge in [-0.25, -0.2) is 0 Å². The number of phosphoric ester groups is 1. The normalized spacial score (nSPS) is 14.2. The Labute approximate surface area is 321 Å². The van der Waals surface area contributed by atoms with Gasteiger partial charge >= 0.3 is 5.97 Å². The molecule has 2 atom stereocenters. The Bertz CT molecular complexity index is 931. The second-order valence-corrected chi connectivity index (χ2v) is 16.7. The largest absolute Gasteiger partial charge is 0.756 e. The number of carbonyl (C=O) groups excluding carboxylic acids is 1. The highest BCUT2D eigenvalue weighted by Crippen LogP contribution is 2.38. The zero-order valence-electron chi connectivity index (χ0n) is 34.5. The fourth-order valence-electron chi connectivity index (χ4n) is 5.68. The minimum Gasteiger partial charge on any atom is -0.756 e. The molecule has 2 unspecified atom stereocenters. The summed E-state index contributed by atoms with van der Waals surface area (Å²) in [6, 6.07) is 0. The Morgan fingerprint density at radius 3 is 1.67 bits per heavy atom. The van der Waals surface area contributed by atoms with E-state index in [9.17, 15) is 14.3 Å². The first kappa shape index (κ1) is 50.7. The Balaban J connectivity index is 4.26. The van der Waals surface area contributed by atoms with Gasteiger partial charge in [0, 0.05) is 13.0 Å². The molecule has 0 saturated carbocycles. The monoisotopic (exact) mass is 756 g/mol. The Hall–Kier alpha value is -1.28. The Kier molecular flexibility index (Phi) is 35.8. The van der Waals surface area contributed by atoms with Gasteiger partial charge in [0.2, 0.25) is 0 Å². The van der Waals surface area contributed by atoms with Crippen molar-refractivity contribution in [2.24, 2.45) is 0 Å². The smallest absolute Gasteiger partial charge is 0.306 e. The number of allylic oxidation sites excluding steroid dienone is 6. The lowest BCUT2D eigenvalue weighted by Gasteiger charge is -2.28. The molecular weight excluding hydrogens is 673 g/mol. The van der Waals surface area contributed by atoms with Crippen LogP contribution in [-0.4, -0.2) is 70.7 Å². The summed E-state index contributed by atoms with van der Waals surface area (Å²) in [5, 5.41) is 0. The third kappa shape index (κ3) is 39.9. The molecule has 0 bridgehead atoms. The molecule has 0 heterocycles. The van der Waals surface area contributed by atoms with Gasteiger partial charge in [0.05, 0.1) is 34.4 Å². The summed E-state index contributed by atoms with van der Waals surface area (Å²) >= 11 is 0. The number of rotatable bonds is 39. The van der Waals surface area contributed by atoms with Crippen LogP contribution in [0.2, 0.25) is 0 Å². The van der Waals surface area contributed by atoms with Crippen LogP contribution in [0.5, 0.6) is 0 Å². The molecule has 306 valence electrons. The van der Waals surface area contributed by atoms with Crippen molar-refractivity contribution in [2.45, 2.75) is 180 Å². The fourth-order valence-corrected chi connectivity index (χ4v) is 6.41. The highest BCUT2D eigenvalue weighted by Gasteiger charge is 2.20. The first-order chi connectivity index (χ1) is 25.1. The molecule has 0 aromatic rings. The van der Waals surface area contributed by atoms with E-state index in [1.54, 1.807) is 0 Å². The van der Waals surface area contributed by atoms with Crippen LogP contribution in [0.3, 0.4) is 0 Å². The number of carbonyl (C=O) groups is 1. The van der Waals surface area contributed by atoms with E-state index in [0.29, 0.717) is 24.1 Å². The number of nitrogens with zero attached hydrogens (tertiary/aromatic N) is 1. The van der Waals surface area contributed by atoms with Gasteiger partial charge < -0.3 is 27.9 Å². The predicted octanol–water partition coefficient (Wildman–Crippen LogP) is 11.6. The topological polar surface area (TPSA) is 94.1 Å². The van der Waals surface area contributed by atoms with E-state index in [2.05, 4.69) is 50.3 Å². The summed E-state index contributed by atoms with van der Waals surface area (Å²) in [5.74, 6) is -0.339. The molecule has 8 nitrogen and oxygen atoms in total. The molecule has 0 aliphatic carbocycles. The van der Waals surface area contributed by atoms with Gasteiger partial charge in [-0.05, 0) is 44.9 Å². The van der Waals surface area contributed by atoms with Gasteiger partial charge in [0.1, 0.15) is 19.3 Å². The van der Waals surface area contributed by atoms with E-state index in [1.807, 2.05) is 21.1 Å². The van der Waals surface area contributed by atoms with Crippen molar-refractivity contribution in [3.05, 3.63) is 36.5 Å². The van der Waals surface area contributed by atoms with Gasteiger partial charge in [-0.1, -0.05) is 159 Å². The first-order valence-electron chi connectivity index (χ1n) is 21.2. The van der Waals surface area contributed by atoms with Crippen LogP contribution in [0, 0.1) is 0 Å². The van der Waals surface area contributed by atoms with Crippen molar-refractivity contribution in [1.82, 2.24) is 0 Å². The molecule has 0 rings (SSSR count). The maximum Gasteiger partial charge on any atom is 0.306 e. The summed E-state index contributed by atoms with van der Waals surface area (Å²) in [6.07, 6.45) is 41.5. The molecule has 0 amide bonds. The van der Waals surface area contributed by atoms with Crippen molar-refractivity contribution >= 4 is 13.8 Å². The van der Waals surface area contributed by atoms with Gasteiger partial charge in [0.15, 0.2) is 0 Å². The van der Waals surface area contributed by atoms with Gasteiger partial charge in [-0.2, -0.15) is 0 Å². The number of hydrogen-bond acceptors (Lipinski definition) is 7. The van der Waals surface area contributed by atoms with E-state index in [1.165, 1.54) is 89.9 Å². The minimum atomic E-state index is -4.52. The summed E-state index contributed by atoms with van der Waals surface area (Å²) in [7, 11) is 1.35. The summed E-state index contributed by atoms with van der Waals surface area (Å²) < 4.78 is 34.5. The number of esters is 1. The molecule has 0 saturated heterocycles. The lowest BCUT2D eigenvalue weighted by atomic mass is 10.0. The molecule has 9 heteroatoms. The van der Waals surface area contributed by atoms with Crippen LogP contribution in [0.15, 0.2) is 36.5 Å². The van der Waals surface area contributed by atoms with E-state index < -0.39 is 13.9 Å². The first-order valence-corrected chi connectivity index (χ1v) is 22.7. The van der Waals surface area contributed by atoms with E-state index >= 15 is 0 Å². The highest BCUT2D eigenvalue weighted by atomic mass is 31.2. The summed E-state index contributed by atoms with van der Waals surface area (Å²) in [4.78, 5) is 25.0. The molecule has 0 N–H and O–H groups in total. The highest BCUT2D eigenvalue weighted by molar-refractivity contribution is 7.45. The lowest BCUT2D eigenvalue weighted by Crippen LogP contribution is -2.37. The van der Waals surface area contributed by atoms with Crippen LogP contribution >= 0.6 is 7.82 Å². The summed E-state index contributed by atoms with van der Waals surface area (Å²) in [6.45, 7) is 5.28. The maximum absolute atomic E-state index is 12.6. The molecular formula is C43H82NO7P. The molecule has 0 aromatic carbocycles. The minimum absolute atomic E-state index is 0.0239. The molecule has 0 fully saturated rings. The van der Waals surface area contributed by atoms with E-state index in [-0.39, 0.29) is 25.8 Å². The van der Waals surface area contributed by atoms with Gasteiger partial charge in [-0.3, -0.25) is 9.36 Å².